The topological polar surface area (TPSA) is 121 Å². The summed E-state index contributed by atoms with van der Waals surface area (Å²) in [5, 5.41) is 26.9. The first-order chi connectivity index (χ1) is 14.5. The SMILES string of the molecule is O=C(NO)c1cccc(-c2cn([C@@H]3C[C@@H](C(=O)O)N(Cc4ccccc4)C3)nn2)c1. The maximum absolute atomic E-state index is 11.8. The molecule has 1 fully saturated rings. The molecule has 0 saturated carbocycles. The number of likely N-dealkylation sites (tertiary alicyclic amines) is 1. The number of carbonyl (C=O) groups is 2. The Hall–Kier alpha value is -3.56. The van der Waals surface area contributed by atoms with Gasteiger partial charge in [-0.15, -0.1) is 5.10 Å². The van der Waals surface area contributed by atoms with Gasteiger partial charge in [0.15, 0.2) is 0 Å². The molecule has 1 aromatic heterocycles. The van der Waals surface area contributed by atoms with Crippen molar-refractivity contribution in [3.05, 3.63) is 71.9 Å². The van der Waals surface area contributed by atoms with Crippen LogP contribution in [-0.2, 0) is 11.3 Å². The van der Waals surface area contributed by atoms with Crippen molar-refractivity contribution in [1.29, 1.82) is 0 Å². The summed E-state index contributed by atoms with van der Waals surface area (Å²) < 4.78 is 1.69. The second-order valence-electron chi connectivity index (χ2n) is 7.26. The van der Waals surface area contributed by atoms with Gasteiger partial charge in [-0.2, -0.15) is 0 Å². The number of carboxylic acids is 1. The molecule has 2 heterocycles. The summed E-state index contributed by atoms with van der Waals surface area (Å²) in [5.41, 5.74) is 4.21. The van der Waals surface area contributed by atoms with E-state index in [-0.39, 0.29) is 6.04 Å². The molecule has 9 heteroatoms. The van der Waals surface area contributed by atoms with Crippen LogP contribution < -0.4 is 5.48 Å². The lowest BCUT2D eigenvalue weighted by Crippen LogP contribution is -2.35. The van der Waals surface area contributed by atoms with Gasteiger partial charge in [-0.25, -0.2) is 10.2 Å². The number of benzene rings is 2. The van der Waals surface area contributed by atoms with Crippen molar-refractivity contribution < 1.29 is 19.9 Å². The van der Waals surface area contributed by atoms with E-state index in [1.165, 1.54) is 0 Å². The number of hydrogen-bond acceptors (Lipinski definition) is 6. The van der Waals surface area contributed by atoms with Crippen molar-refractivity contribution in [1.82, 2.24) is 25.4 Å². The van der Waals surface area contributed by atoms with E-state index in [4.69, 9.17) is 5.21 Å². The highest BCUT2D eigenvalue weighted by molar-refractivity contribution is 5.94. The Balaban J connectivity index is 1.53. The van der Waals surface area contributed by atoms with Crippen LogP contribution in [0.15, 0.2) is 60.8 Å². The second-order valence-corrected chi connectivity index (χ2v) is 7.26. The largest absolute Gasteiger partial charge is 0.480 e. The highest BCUT2D eigenvalue weighted by Crippen LogP contribution is 2.29. The van der Waals surface area contributed by atoms with E-state index in [1.54, 1.807) is 40.6 Å². The van der Waals surface area contributed by atoms with Crippen molar-refractivity contribution in [2.75, 3.05) is 6.54 Å². The molecule has 154 valence electrons. The summed E-state index contributed by atoms with van der Waals surface area (Å²) in [6, 6.07) is 15.7. The molecular weight excluding hydrogens is 386 g/mol. The molecule has 0 bridgehead atoms. The average Bonchev–Trinajstić information content (AvgIpc) is 3.41. The standard InChI is InChI=1S/C21H21N5O4/c27-20(23-30)16-8-4-7-15(9-16)18-13-26(24-22-18)17-10-19(21(28)29)25(12-17)11-14-5-2-1-3-6-14/h1-9,13,17,19,30H,10-12H2,(H,23,27)(H,28,29)/t17-,19+/m1/s1. The summed E-state index contributed by atoms with van der Waals surface area (Å²) in [4.78, 5) is 25.4. The lowest BCUT2D eigenvalue weighted by Gasteiger charge is -2.20. The van der Waals surface area contributed by atoms with E-state index >= 15 is 0 Å². The number of rotatable bonds is 6. The van der Waals surface area contributed by atoms with Crippen molar-refractivity contribution in [2.24, 2.45) is 0 Å². The van der Waals surface area contributed by atoms with E-state index in [2.05, 4.69) is 10.3 Å². The predicted octanol–water partition coefficient (Wildman–Crippen LogP) is 1.96. The second kappa shape index (κ2) is 8.44. The van der Waals surface area contributed by atoms with Crippen LogP contribution in [0.25, 0.3) is 11.3 Å². The minimum atomic E-state index is -0.850. The van der Waals surface area contributed by atoms with Crippen LogP contribution in [-0.4, -0.2) is 54.7 Å². The normalized spacial score (nSPS) is 19.0. The Morgan fingerprint density at radius 2 is 1.93 bits per heavy atom. The van der Waals surface area contributed by atoms with Crippen molar-refractivity contribution in [3.63, 3.8) is 0 Å². The molecule has 3 aromatic rings. The summed E-state index contributed by atoms with van der Waals surface area (Å²) >= 11 is 0. The molecule has 0 spiro atoms. The van der Waals surface area contributed by atoms with E-state index in [9.17, 15) is 14.7 Å². The predicted molar refractivity (Wildman–Crippen MR) is 107 cm³/mol. The van der Waals surface area contributed by atoms with Crippen molar-refractivity contribution in [3.8, 4) is 11.3 Å². The van der Waals surface area contributed by atoms with Gasteiger partial charge in [0.1, 0.15) is 11.7 Å². The molecule has 2 atom stereocenters. The zero-order chi connectivity index (χ0) is 21.1. The number of hydrogen-bond donors (Lipinski definition) is 3. The molecule has 9 nitrogen and oxygen atoms in total. The number of carbonyl (C=O) groups excluding carboxylic acids is 1. The third-order valence-corrected chi connectivity index (χ3v) is 5.30. The first kappa shape index (κ1) is 19.7. The molecule has 1 amide bonds. The van der Waals surface area contributed by atoms with Crippen LogP contribution in [0.1, 0.15) is 28.4 Å². The lowest BCUT2D eigenvalue weighted by atomic mass is 10.1. The third kappa shape index (κ3) is 4.07. The van der Waals surface area contributed by atoms with Gasteiger partial charge in [-0.1, -0.05) is 47.7 Å². The summed E-state index contributed by atoms with van der Waals surface area (Å²) in [6.45, 7) is 1.09. The van der Waals surface area contributed by atoms with Gasteiger partial charge >= 0.3 is 5.97 Å². The molecule has 0 radical (unpaired) electrons. The smallest absolute Gasteiger partial charge is 0.321 e. The lowest BCUT2D eigenvalue weighted by molar-refractivity contribution is -0.142. The van der Waals surface area contributed by atoms with E-state index < -0.39 is 17.9 Å². The summed E-state index contributed by atoms with van der Waals surface area (Å²) in [5.74, 6) is -1.46. The Bertz CT molecular complexity index is 1050. The molecule has 2 aromatic carbocycles. The highest BCUT2D eigenvalue weighted by atomic mass is 16.5. The van der Waals surface area contributed by atoms with Crippen LogP contribution in [0.2, 0.25) is 0 Å². The number of aliphatic carboxylic acids is 1. The number of nitrogens with zero attached hydrogens (tertiary/aromatic N) is 4. The first-order valence-corrected chi connectivity index (χ1v) is 9.52. The van der Waals surface area contributed by atoms with Crippen LogP contribution in [0.3, 0.4) is 0 Å². The molecule has 3 N–H and O–H groups in total. The number of nitrogens with one attached hydrogen (secondary N) is 1. The maximum atomic E-state index is 11.8. The summed E-state index contributed by atoms with van der Waals surface area (Å²) in [6.07, 6.45) is 2.18. The minimum absolute atomic E-state index is 0.125. The van der Waals surface area contributed by atoms with Crippen LogP contribution in [0.4, 0.5) is 0 Å². The van der Waals surface area contributed by atoms with E-state index in [1.807, 2.05) is 35.2 Å². The Morgan fingerprint density at radius 3 is 2.67 bits per heavy atom. The highest BCUT2D eigenvalue weighted by Gasteiger charge is 2.38. The van der Waals surface area contributed by atoms with Crippen molar-refractivity contribution >= 4 is 11.9 Å². The minimum Gasteiger partial charge on any atom is -0.480 e. The Labute approximate surface area is 172 Å². The fraction of sp³-hybridized carbons (Fsp3) is 0.238. The molecule has 1 saturated heterocycles. The molecular formula is C21H21N5O4. The number of carboxylic acid groups (broad SMARTS) is 1. The zero-order valence-corrected chi connectivity index (χ0v) is 16.0. The third-order valence-electron chi connectivity index (χ3n) is 5.30. The molecule has 1 aliphatic rings. The van der Waals surface area contributed by atoms with Crippen LogP contribution in [0, 0.1) is 0 Å². The monoisotopic (exact) mass is 407 g/mol. The number of hydroxylamine groups is 1. The summed E-state index contributed by atoms with van der Waals surface area (Å²) in [7, 11) is 0. The van der Waals surface area contributed by atoms with Crippen LogP contribution >= 0.6 is 0 Å². The molecule has 0 unspecified atom stereocenters. The van der Waals surface area contributed by atoms with Crippen molar-refractivity contribution in [2.45, 2.75) is 25.0 Å². The van der Waals surface area contributed by atoms with Gasteiger partial charge in [0.25, 0.3) is 5.91 Å². The number of amides is 1. The van der Waals surface area contributed by atoms with Gasteiger partial charge in [0, 0.05) is 24.2 Å². The van der Waals surface area contributed by atoms with E-state index in [0.717, 1.165) is 5.56 Å². The Kier molecular flexibility index (Phi) is 5.55. The molecule has 30 heavy (non-hydrogen) atoms. The Morgan fingerprint density at radius 1 is 1.13 bits per heavy atom. The van der Waals surface area contributed by atoms with Gasteiger partial charge in [-0.05, 0) is 24.1 Å². The number of aromatic nitrogens is 3. The van der Waals surface area contributed by atoms with E-state index in [0.29, 0.717) is 36.3 Å². The molecule has 0 aliphatic carbocycles. The van der Waals surface area contributed by atoms with Gasteiger partial charge in [0.05, 0.1) is 12.2 Å². The quantitative estimate of drug-likeness (QED) is 0.422. The molecule has 4 rings (SSSR count). The van der Waals surface area contributed by atoms with Gasteiger partial charge < -0.3 is 5.11 Å². The first-order valence-electron chi connectivity index (χ1n) is 9.52. The average molecular weight is 407 g/mol. The zero-order valence-electron chi connectivity index (χ0n) is 16.0. The van der Waals surface area contributed by atoms with Gasteiger partial charge in [0.2, 0.25) is 0 Å². The fourth-order valence-electron chi connectivity index (χ4n) is 3.79. The van der Waals surface area contributed by atoms with Gasteiger partial charge in [-0.3, -0.25) is 19.7 Å². The van der Waals surface area contributed by atoms with Crippen LogP contribution in [0.5, 0.6) is 0 Å². The molecule has 1 aliphatic heterocycles. The maximum Gasteiger partial charge on any atom is 0.321 e. The fourth-order valence-corrected chi connectivity index (χ4v) is 3.79.